The molecule has 0 spiro atoms. The molecule has 0 N–H and O–H groups in total. The maximum atomic E-state index is 5.36. The molecule has 0 fully saturated rings. The van der Waals surface area contributed by atoms with Gasteiger partial charge in [0.1, 0.15) is 0 Å². The summed E-state index contributed by atoms with van der Waals surface area (Å²) in [6, 6.07) is 69.6. The van der Waals surface area contributed by atoms with E-state index < -0.39 is 0 Å². The van der Waals surface area contributed by atoms with Crippen molar-refractivity contribution in [3.8, 4) is 34.0 Å². The zero-order valence-corrected chi connectivity index (χ0v) is 30.3. The molecule has 0 bridgehead atoms. The van der Waals surface area contributed by atoms with E-state index in [0.717, 1.165) is 55.5 Å². The van der Waals surface area contributed by atoms with E-state index in [2.05, 4.69) is 197 Å². The Bertz CT molecular complexity index is 3520. The fourth-order valence-electron chi connectivity index (χ4n) is 8.99. The van der Waals surface area contributed by atoms with Gasteiger partial charge in [0.25, 0.3) is 0 Å². The number of rotatable bonds is 4. The molecule has 0 amide bonds. The molecular formula is C52H32N4. The molecule has 4 nitrogen and oxygen atoms in total. The number of hydrogen-bond donors (Lipinski definition) is 0. The molecule has 3 aromatic heterocycles. The average molecular weight is 713 g/mol. The molecule has 0 aliphatic carbocycles. The van der Waals surface area contributed by atoms with Gasteiger partial charge in [0.2, 0.25) is 0 Å². The van der Waals surface area contributed by atoms with Crippen LogP contribution in [-0.4, -0.2) is 19.1 Å². The Kier molecular flexibility index (Phi) is 6.60. The van der Waals surface area contributed by atoms with Crippen molar-refractivity contribution in [2.24, 2.45) is 0 Å². The topological polar surface area (TPSA) is 35.6 Å². The first-order valence-electron chi connectivity index (χ1n) is 19.1. The zero-order chi connectivity index (χ0) is 36.7. The zero-order valence-electron chi connectivity index (χ0n) is 30.3. The van der Waals surface area contributed by atoms with E-state index in [-0.39, 0.29) is 0 Å². The third-order valence-corrected chi connectivity index (χ3v) is 11.5. The molecule has 0 aliphatic rings. The van der Waals surface area contributed by atoms with E-state index in [9.17, 15) is 0 Å². The van der Waals surface area contributed by atoms with Crippen LogP contribution in [0, 0.1) is 0 Å². The Balaban J connectivity index is 1.19. The van der Waals surface area contributed by atoms with Crippen LogP contribution in [0.2, 0.25) is 0 Å². The van der Waals surface area contributed by atoms with Crippen molar-refractivity contribution in [2.45, 2.75) is 0 Å². The smallest absolute Gasteiger partial charge is 0.161 e. The summed E-state index contributed by atoms with van der Waals surface area (Å²) in [4.78, 5) is 10.6. The average Bonchev–Trinajstić information content (AvgIpc) is 3.77. The monoisotopic (exact) mass is 712 g/mol. The summed E-state index contributed by atoms with van der Waals surface area (Å²) in [6.07, 6.45) is 0. The van der Waals surface area contributed by atoms with Crippen molar-refractivity contribution in [3.63, 3.8) is 0 Å². The summed E-state index contributed by atoms with van der Waals surface area (Å²) >= 11 is 0. The molecule has 0 saturated carbocycles. The van der Waals surface area contributed by atoms with Gasteiger partial charge in [-0.25, -0.2) is 9.97 Å². The van der Waals surface area contributed by atoms with E-state index in [0.29, 0.717) is 5.82 Å². The quantitative estimate of drug-likeness (QED) is 0.182. The summed E-state index contributed by atoms with van der Waals surface area (Å²) < 4.78 is 4.84. The summed E-state index contributed by atoms with van der Waals surface area (Å²) in [5.41, 5.74) is 10.8. The maximum absolute atomic E-state index is 5.36. The van der Waals surface area contributed by atoms with Crippen LogP contribution in [-0.2, 0) is 0 Å². The first-order valence-corrected chi connectivity index (χ1v) is 19.1. The van der Waals surface area contributed by atoms with Crippen molar-refractivity contribution in [1.29, 1.82) is 0 Å². The second-order valence-electron chi connectivity index (χ2n) is 14.6. The van der Waals surface area contributed by atoms with Gasteiger partial charge in [-0.05, 0) is 82.2 Å². The third kappa shape index (κ3) is 4.53. The number of hydrogen-bond acceptors (Lipinski definition) is 2. The van der Waals surface area contributed by atoms with E-state index in [1.165, 1.54) is 48.7 Å². The lowest BCUT2D eigenvalue weighted by atomic mass is 9.98. The largest absolute Gasteiger partial charge is 0.309 e. The predicted octanol–water partition coefficient (Wildman–Crippen LogP) is 13.5. The summed E-state index contributed by atoms with van der Waals surface area (Å²) in [7, 11) is 0. The molecular weight excluding hydrogens is 681 g/mol. The van der Waals surface area contributed by atoms with E-state index in [1.807, 2.05) is 6.07 Å². The Morgan fingerprint density at radius 2 is 0.964 bits per heavy atom. The SMILES string of the molecule is c1ccc(-c2nc(-c3cc4c(c5ccccc35)c3cc(-n5c6ccccc6c6cc7ccccc7cc65)ccc3n4-c3ccccc3)nc3ccccc23)cc1. The molecule has 0 atom stereocenters. The van der Waals surface area contributed by atoms with Crippen molar-refractivity contribution < 1.29 is 0 Å². The maximum Gasteiger partial charge on any atom is 0.161 e. The fourth-order valence-corrected chi connectivity index (χ4v) is 8.99. The van der Waals surface area contributed by atoms with Gasteiger partial charge in [-0.2, -0.15) is 0 Å². The highest BCUT2D eigenvalue weighted by Gasteiger charge is 2.22. The summed E-state index contributed by atoms with van der Waals surface area (Å²) in [5.74, 6) is 0.712. The number of benzene rings is 9. The number of aromatic nitrogens is 4. The molecule has 3 heterocycles. The first kappa shape index (κ1) is 30.9. The molecule has 0 unspecified atom stereocenters. The lowest BCUT2D eigenvalue weighted by Gasteiger charge is -2.13. The van der Waals surface area contributed by atoms with Gasteiger partial charge in [-0.1, -0.05) is 133 Å². The van der Waals surface area contributed by atoms with E-state index in [1.54, 1.807) is 0 Å². The molecule has 12 aromatic rings. The van der Waals surface area contributed by atoms with E-state index >= 15 is 0 Å². The Morgan fingerprint density at radius 3 is 1.79 bits per heavy atom. The van der Waals surface area contributed by atoms with Crippen LogP contribution in [0.1, 0.15) is 0 Å². The molecule has 12 rings (SSSR count). The Morgan fingerprint density at radius 1 is 0.339 bits per heavy atom. The predicted molar refractivity (Wildman–Crippen MR) is 234 cm³/mol. The van der Waals surface area contributed by atoms with Crippen LogP contribution in [0.4, 0.5) is 0 Å². The second-order valence-corrected chi connectivity index (χ2v) is 14.6. The normalized spacial score (nSPS) is 11.9. The number of nitrogens with zero attached hydrogens (tertiary/aromatic N) is 4. The highest BCUT2D eigenvalue weighted by Crippen LogP contribution is 2.43. The van der Waals surface area contributed by atoms with Crippen LogP contribution >= 0.6 is 0 Å². The molecule has 260 valence electrons. The molecule has 0 saturated heterocycles. The van der Waals surface area contributed by atoms with E-state index in [4.69, 9.17) is 9.97 Å². The van der Waals surface area contributed by atoms with Gasteiger partial charge >= 0.3 is 0 Å². The Hall–Kier alpha value is -7.56. The first-order chi connectivity index (χ1) is 27.8. The van der Waals surface area contributed by atoms with Crippen LogP contribution in [0.15, 0.2) is 194 Å². The molecule has 0 aliphatic heterocycles. The van der Waals surface area contributed by atoms with Gasteiger partial charge in [-0.3, -0.25) is 0 Å². The fraction of sp³-hybridized carbons (Fsp3) is 0. The minimum Gasteiger partial charge on any atom is -0.309 e. The van der Waals surface area contributed by atoms with Crippen molar-refractivity contribution in [3.05, 3.63) is 194 Å². The summed E-state index contributed by atoms with van der Waals surface area (Å²) in [5, 5.41) is 10.7. The summed E-state index contributed by atoms with van der Waals surface area (Å²) in [6.45, 7) is 0. The van der Waals surface area contributed by atoms with Gasteiger partial charge in [0.05, 0.1) is 33.3 Å². The van der Waals surface area contributed by atoms with Crippen LogP contribution in [0.25, 0.3) is 110 Å². The van der Waals surface area contributed by atoms with Gasteiger partial charge < -0.3 is 9.13 Å². The van der Waals surface area contributed by atoms with Crippen molar-refractivity contribution in [2.75, 3.05) is 0 Å². The second kappa shape index (κ2) is 12.0. The number of para-hydroxylation sites is 3. The highest BCUT2D eigenvalue weighted by atomic mass is 15.0. The minimum atomic E-state index is 0.712. The minimum absolute atomic E-state index is 0.712. The third-order valence-electron chi connectivity index (χ3n) is 11.5. The van der Waals surface area contributed by atoms with Gasteiger partial charge in [0, 0.05) is 49.4 Å². The van der Waals surface area contributed by atoms with Crippen LogP contribution in [0.5, 0.6) is 0 Å². The lowest BCUT2D eigenvalue weighted by Crippen LogP contribution is -1.97. The Labute approximate surface area is 322 Å². The molecule has 4 heteroatoms. The van der Waals surface area contributed by atoms with Crippen molar-refractivity contribution >= 4 is 76.1 Å². The standard InChI is InChI=1S/C52H32N4/c1-3-15-33(16-4-1)51-41-24-11-13-25-45(41)53-52(54-51)43-32-49-50(40-23-10-9-21-38(40)43)44-31-37(27-28-47(44)55(49)36-19-5-2-6-20-36)56-46-26-14-12-22-39(46)42-29-34-17-7-8-18-35(34)30-48(42)56/h1-32H. The lowest BCUT2D eigenvalue weighted by molar-refractivity contribution is 1.16. The van der Waals surface area contributed by atoms with Crippen LogP contribution < -0.4 is 0 Å². The van der Waals surface area contributed by atoms with Crippen LogP contribution in [0.3, 0.4) is 0 Å². The van der Waals surface area contributed by atoms with Gasteiger partial charge in [-0.15, -0.1) is 0 Å². The highest BCUT2D eigenvalue weighted by molar-refractivity contribution is 6.24. The van der Waals surface area contributed by atoms with Crippen molar-refractivity contribution in [1.82, 2.24) is 19.1 Å². The van der Waals surface area contributed by atoms with Gasteiger partial charge in [0.15, 0.2) is 5.82 Å². The molecule has 56 heavy (non-hydrogen) atoms. The molecule has 9 aromatic carbocycles. The molecule has 0 radical (unpaired) electrons. The number of fused-ring (bicyclic) bond motifs is 10.